The number of fused-ring (bicyclic) bond motifs is 1. The van der Waals surface area contributed by atoms with E-state index in [2.05, 4.69) is 29.5 Å². The number of amides is 1. The number of benzene rings is 1. The molecule has 0 spiro atoms. The van der Waals surface area contributed by atoms with Gasteiger partial charge in [-0.05, 0) is 72.6 Å². The van der Waals surface area contributed by atoms with E-state index in [-0.39, 0.29) is 23.2 Å². The third-order valence-electron chi connectivity index (χ3n) is 9.13. The van der Waals surface area contributed by atoms with Crippen LogP contribution in [0.15, 0.2) is 53.7 Å². The fraction of sp³-hybridized carbons (Fsp3) is 0.636. The molecule has 2 aromatic rings. The number of aromatic nitrogens is 1. The van der Waals surface area contributed by atoms with E-state index in [1.54, 1.807) is 24.2 Å². The summed E-state index contributed by atoms with van der Waals surface area (Å²) in [7, 11) is 0. The first-order valence-corrected chi connectivity index (χ1v) is 17.9. The van der Waals surface area contributed by atoms with Gasteiger partial charge in [-0.2, -0.15) is 0 Å². The second kappa shape index (κ2) is 15.3. The molecule has 3 saturated heterocycles. The summed E-state index contributed by atoms with van der Waals surface area (Å²) in [5, 5.41) is 38.7. The van der Waals surface area contributed by atoms with Gasteiger partial charge in [-0.15, -0.1) is 23.5 Å². The van der Waals surface area contributed by atoms with Crippen LogP contribution in [0.5, 0.6) is 0 Å². The summed E-state index contributed by atoms with van der Waals surface area (Å²) in [6, 6.07) is 10.8. The van der Waals surface area contributed by atoms with Crippen LogP contribution in [0.25, 0.3) is 11.1 Å². The zero-order valence-corrected chi connectivity index (χ0v) is 27.5. The van der Waals surface area contributed by atoms with Crippen molar-refractivity contribution < 1.29 is 29.6 Å². The molecule has 3 fully saturated rings. The number of pyridine rings is 1. The first kappa shape index (κ1) is 33.7. The van der Waals surface area contributed by atoms with Gasteiger partial charge in [-0.3, -0.25) is 9.78 Å². The summed E-state index contributed by atoms with van der Waals surface area (Å²) in [6.07, 6.45) is 3.36. The summed E-state index contributed by atoms with van der Waals surface area (Å²) < 4.78 is 12.5. The van der Waals surface area contributed by atoms with Crippen LogP contribution >= 0.6 is 23.5 Å². The van der Waals surface area contributed by atoms with Crippen molar-refractivity contribution in [2.45, 2.75) is 98.2 Å². The Balaban J connectivity index is 1.34. The molecule has 9 nitrogen and oxygen atoms in total. The second-order valence-corrected chi connectivity index (χ2v) is 15.2. The van der Waals surface area contributed by atoms with E-state index in [4.69, 9.17) is 9.47 Å². The van der Waals surface area contributed by atoms with Crippen LogP contribution in [0, 0.1) is 17.8 Å². The third-order valence-corrected chi connectivity index (χ3v) is 11.2. The van der Waals surface area contributed by atoms with Crippen LogP contribution in [-0.2, 0) is 14.3 Å². The molecular formula is C33H47N3O6S2. The summed E-state index contributed by atoms with van der Waals surface area (Å²) in [5.74, 6) is 1.26. The van der Waals surface area contributed by atoms with Crippen molar-refractivity contribution in [1.82, 2.24) is 15.6 Å². The molecule has 11 atom stereocenters. The maximum absolute atomic E-state index is 14.0. The van der Waals surface area contributed by atoms with Gasteiger partial charge in [-0.1, -0.05) is 39.0 Å². The molecule has 0 radical (unpaired) electrons. The molecule has 1 amide bonds. The predicted molar refractivity (Wildman–Crippen MR) is 174 cm³/mol. The van der Waals surface area contributed by atoms with Crippen molar-refractivity contribution in [2.75, 3.05) is 19.4 Å². The molecular weight excluding hydrogens is 599 g/mol. The average molecular weight is 646 g/mol. The van der Waals surface area contributed by atoms with Crippen molar-refractivity contribution >= 4 is 29.4 Å². The maximum atomic E-state index is 14.0. The molecule has 1 aromatic heterocycles. The van der Waals surface area contributed by atoms with Gasteiger partial charge in [0.25, 0.3) is 0 Å². The minimum absolute atomic E-state index is 0.207. The number of aliphatic hydroxyl groups is 3. The minimum atomic E-state index is -1.40. The molecule has 242 valence electrons. The third kappa shape index (κ3) is 7.81. The van der Waals surface area contributed by atoms with E-state index in [1.807, 2.05) is 49.5 Å². The van der Waals surface area contributed by atoms with Crippen LogP contribution in [0.1, 0.15) is 40.0 Å². The lowest BCUT2D eigenvalue weighted by Crippen LogP contribution is -2.65. The highest BCUT2D eigenvalue weighted by molar-refractivity contribution is 8.00. The number of carbonyl (C=O) groups is 1. The van der Waals surface area contributed by atoms with E-state index < -0.39 is 41.9 Å². The first-order valence-electron chi connectivity index (χ1n) is 15.7. The van der Waals surface area contributed by atoms with Gasteiger partial charge < -0.3 is 35.4 Å². The lowest BCUT2D eigenvalue weighted by molar-refractivity contribution is -0.205. The smallest absolute Gasteiger partial charge is 0.240 e. The fourth-order valence-electron chi connectivity index (χ4n) is 6.91. The van der Waals surface area contributed by atoms with Gasteiger partial charge >= 0.3 is 0 Å². The fourth-order valence-corrected chi connectivity index (χ4v) is 8.68. The van der Waals surface area contributed by atoms with E-state index >= 15 is 0 Å². The number of aliphatic hydroxyl groups excluding tert-OH is 3. The van der Waals surface area contributed by atoms with Crippen molar-refractivity contribution in [3.8, 4) is 11.1 Å². The Kier molecular flexibility index (Phi) is 11.7. The van der Waals surface area contributed by atoms with Crippen LogP contribution in [0.4, 0.5) is 0 Å². The average Bonchev–Trinajstić information content (AvgIpc) is 3.31. The monoisotopic (exact) mass is 645 g/mol. The quantitative estimate of drug-likeness (QED) is 0.245. The summed E-state index contributed by atoms with van der Waals surface area (Å²) in [4.78, 5) is 19.2. The number of rotatable bonds is 10. The number of hydrogen-bond donors (Lipinski definition) is 5. The Morgan fingerprint density at radius 1 is 1.09 bits per heavy atom. The maximum Gasteiger partial charge on any atom is 0.240 e. The molecule has 11 heteroatoms. The van der Waals surface area contributed by atoms with Crippen LogP contribution in [-0.4, -0.2) is 98.9 Å². The lowest BCUT2D eigenvalue weighted by Gasteiger charge is -2.44. The molecule has 1 aromatic carbocycles. The number of nitrogens with zero attached hydrogens (tertiary/aromatic N) is 1. The Labute approximate surface area is 269 Å². The second-order valence-electron chi connectivity index (χ2n) is 12.8. The van der Waals surface area contributed by atoms with Crippen molar-refractivity contribution in [3.05, 3.63) is 48.8 Å². The Morgan fingerprint density at radius 2 is 1.86 bits per heavy atom. The van der Waals surface area contributed by atoms with Crippen LogP contribution in [0.2, 0.25) is 0 Å². The molecule has 0 aliphatic carbocycles. The normalized spacial score (nSPS) is 33.8. The Hall–Kier alpha value is -1.70. The zero-order valence-electron chi connectivity index (χ0n) is 25.9. The molecule has 3 unspecified atom stereocenters. The summed E-state index contributed by atoms with van der Waals surface area (Å²) >= 11 is 2.82. The van der Waals surface area contributed by atoms with Gasteiger partial charge in [0.05, 0.1) is 12.1 Å². The molecule has 5 rings (SSSR count). The van der Waals surface area contributed by atoms with Gasteiger partial charge in [-0.25, -0.2) is 0 Å². The highest BCUT2D eigenvalue weighted by Crippen LogP contribution is 2.36. The Bertz CT molecular complexity index is 1210. The molecule has 3 aliphatic rings. The van der Waals surface area contributed by atoms with Crippen molar-refractivity contribution in [1.29, 1.82) is 0 Å². The van der Waals surface area contributed by atoms with E-state index in [0.29, 0.717) is 18.4 Å². The molecule has 5 N–H and O–H groups in total. The number of carbonyl (C=O) groups excluding carboxylic acids is 1. The van der Waals surface area contributed by atoms with Crippen molar-refractivity contribution in [2.24, 2.45) is 17.8 Å². The van der Waals surface area contributed by atoms with E-state index in [9.17, 15) is 20.1 Å². The van der Waals surface area contributed by atoms with Gasteiger partial charge in [0.2, 0.25) is 5.91 Å². The Morgan fingerprint density at radius 3 is 2.55 bits per heavy atom. The summed E-state index contributed by atoms with van der Waals surface area (Å²) in [6.45, 7) is 7.84. The number of nitrogens with one attached hydrogen (secondary N) is 2. The zero-order chi connectivity index (χ0) is 31.4. The lowest BCUT2D eigenvalue weighted by atomic mass is 9.85. The van der Waals surface area contributed by atoms with Crippen molar-refractivity contribution in [3.63, 3.8) is 0 Å². The van der Waals surface area contributed by atoms with Crippen LogP contribution in [0.3, 0.4) is 0 Å². The first-order chi connectivity index (χ1) is 21.2. The molecule has 44 heavy (non-hydrogen) atoms. The minimum Gasteiger partial charge on any atom is -0.388 e. The highest BCUT2D eigenvalue weighted by Gasteiger charge is 2.50. The molecule has 0 bridgehead atoms. The number of hydrogen-bond acceptors (Lipinski definition) is 10. The van der Waals surface area contributed by atoms with Crippen LogP contribution < -0.4 is 10.6 Å². The van der Waals surface area contributed by atoms with Gasteiger partial charge in [0.1, 0.15) is 35.9 Å². The number of thioether (sulfide) groups is 2. The van der Waals surface area contributed by atoms with Gasteiger partial charge in [0.15, 0.2) is 0 Å². The standard InChI is InChI=1S/C33H47N3O6S2/c1-18(2)14-20-11-13-41-30-23(15-20)17-35-26(30)32(40)36-25(31-28(38)27(37)29(39)33(42-31)43-4)19(3)44-24-9-7-21(8-10-24)22-6-5-12-34-16-22/h5-10,12,16,18-20,23,25-31,33,35,37-39H,11,13-15,17H2,1-4H3,(H,36,40)/t19-,20-,23-,25+,26-,27?,28?,29+,30+,31+,33?/m0/s1. The van der Waals surface area contributed by atoms with E-state index in [0.717, 1.165) is 41.8 Å². The highest BCUT2D eigenvalue weighted by atomic mass is 32.2. The SMILES string of the molecule is CSC1O[C@H]([C@H](NC(=O)[C@H]2NC[C@@H]3C[C@H](CC(C)C)CCO[C@H]32)[C@H](C)Sc2ccc(-c3cccnc3)cc2)C(O)C(O)[C@H]1O. The topological polar surface area (TPSA) is 133 Å². The molecule has 0 saturated carbocycles. The van der Waals surface area contributed by atoms with E-state index in [1.165, 1.54) is 11.8 Å². The summed E-state index contributed by atoms with van der Waals surface area (Å²) in [5.41, 5.74) is 1.33. The molecule has 3 aliphatic heterocycles. The van der Waals surface area contributed by atoms with Gasteiger partial charge in [0, 0.05) is 35.7 Å². The number of ether oxygens (including phenoxy) is 2. The largest absolute Gasteiger partial charge is 0.388 e. The molecule has 4 heterocycles. The predicted octanol–water partition coefficient (Wildman–Crippen LogP) is 3.31.